The average Bonchev–Trinajstić information content (AvgIpc) is 2.79. The van der Waals surface area contributed by atoms with Crippen LogP contribution in [0.1, 0.15) is 25.1 Å². The fourth-order valence-corrected chi connectivity index (χ4v) is 4.19. The van der Waals surface area contributed by atoms with Crippen molar-refractivity contribution in [3.63, 3.8) is 0 Å². The van der Waals surface area contributed by atoms with E-state index in [9.17, 15) is 4.79 Å². The third-order valence-electron chi connectivity index (χ3n) is 4.19. The van der Waals surface area contributed by atoms with Gasteiger partial charge < -0.3 is 10.6 Å². The molecular formula is C15H24BrN3OS. The molecule has 1 atom stereocenters. The second kappa shape index (κ2) is 6.77. The van der Waals surface area contributed by atoms with E-state index in [0.29, 0.717) is 13.1 Å². The summed E-state index contributed by atoms with van der Waals surface area (Å²) in [4.78, 5) is 17.6. The molecule has 1 unspecified atom stereocenters. The molecule has 1 aromatic heterocycles. The maximum atomic E-state index is 12.4. The summed E-state index contributed by atoms with van der Waals surface area (Å²) in [6, 6.07) is 2.29. The van der Waals surface area contributed by atoms with Crippen molar-refractivity contribution >= 4 is 33.2 Å². The minimum absolute atomic E-state index is 0.0791. The van der Waals surface area contributed by atoms with Crippen molar-refractivity contribution < 1.29 is 4.79 Å². The van der Waals surface area contributed by atoms with Crippen LogP contribution in [0.25, 0.3) is 0 Å². The van der Waals surface area contributed by atoms with Crippen LogP contribution in [0.2, 0.25) is 0 Å². The lowest BCUT2D eigenvalue weighted by Crippen LogP contribution is -2.54. The van der Waals surface area contributed by atoms with Gasteiger partial charge >= 0.3 is 0 Å². The van der Waals surface area contributed by atoms with Crippen LogP contribution in [0.15, 0.2) is 15.9 Å². The number of likely N-dealkylation sites (tertiary alicyclic amines) is 1. The summed E-state index contributed by atoms with van der Waals surface area (Å²) in [7, 11) is 1.87. The molecule has 2 rings (SSSR count). The van der Waals surface area contributed by atoms with Gasteiger partial charge in [-0.25, -0.2) is 0 Å². The quantitative estimate of drug-likeness (QED) is 0.881. The minimum Gasteiger partial charge on any atom is -0.340 e. The topological polar surface area (TPSA) is 49.6 Å². The molecule has 1 aliphatic rings. The van der Waals surface area contributed by atoms with Gasteiger partial charge in [0.05, 0.1) is 13.1 Å². The lowest BCUT2D eigenvalue weighted by molar-refractivity contribution is -0.132. The number of nitrogens with zero attached hydrogens (tertiary/aromatic N) is 2. The highest BCUT2D eigenvalue weighted by Crippen LogP contribution is 2.27. The first-order valence-electron chi connectivity index (χ1n) is 7.23. The lowest BCUT2D eigenvalue weighted by Gasteiger charge is -2.42. The molecular weight excluding hydrogens is 350 g/mol. The molecule has 0 spiro atoms. The van der Waals surface area contributed by atoms with E-state index in [-0.39, 0.29) is 17.4 Å². The van der Waals surface area contributed by atoms with Crippen molar-refractivity contribution in [2.75, 3.05) is 26.7 Å². The standard InChI is InChI=1S/C15H24BrN3OS/c1-15(2)10-19(5-4-13(15)17)8-14(20)18(3)7-12-6-11(16)9-21-12/h6,9,13H,4-5,7-8,10,17H2,1-3H3. The molecule has 0 aromatic carbocycles. The molecule has 2 N–H and O–H groups in total. The predicted octanol–water partition coefficient (Wildman–Crippen LogP) is 2.53. The van der Waals surface area contributed by atoms with Crippen molar-refractivity contribution in [3.05, 3.63) is 20.8 Å². The van der Waals surface area contributed by atoms with E-state index in [4.69, 9.17) is 5.73 Å². The number of rotatable bonds is 4. The summed E-state index contributed by atoms with van der Waals surface area (Å²) in [6.07, 6.45) is 0.960. The van der Waals surface area contributed by atoms with Crippen molar-refractivity contribution in [2.24, 2.45) is 11.1 Å². The van der Waals surface area contributed by atoms with Gasteiger partial charge in [0.25, 0.3) is 0 Å². The Bertz CT molecular complexity index is 503. The summed E-state index contributed by atoms with van der Waals surface area (Å²) < 4.78 is 1.08. The van der Waals surface area contributed by atoms with Crippen LogP contribution in [0.3, 0.4) is 0 Å². The maximum absolute atomic E-state index is 12.4. The SMILES string of the molecule is CN(Cc1cc(Br)cs1)C(=O)CN1CCC(N)C(C)(C)C1. The Labute approximate surface area is 139 Å². The maximum Gasteiger partial charge on any atom is 0.236 e. The smallest absolute Gasteiger partial charge is 0.236 e. The van der Waals surface area contributed by atoms with E-state index in [1.165, 1.54) is 4.88 Å². The molecule has 2 heterocycles. The largest absolute Gasteiger partial charge is 0.340 e. The van der Waals surface area contributed by atoms with Gasteiger partial charge in [-0.05, 0) is 33.8 Å². The van der Waals surface area contributed by atoms with E-state index in [0.717, 1.165) is 24.0 Å². The molecule has 6 heteroatoms. The highest BCUT2D eigenvalue weighted by molar-refractivity contribution is 9.10. The molecule has 0 aliphatic carbocycles. The molecule has 0 bridgehead atoms. The first-order valence-corrected chi connectivity index (χ1v) is 8.90. The number of amides is 1. The zero-order chi connectivity index (χ0) is 15.6. The predicted molar refractivity (Wildman–Crippen MR) is 91.3 cm³/mol. The molecule has 4 nitrogen and oxygen atoms in total. The van der Waals surface area contributed by atoms with Crippen molar-refractivity contribution in [3.8, 4) is 0 Å². The van der Waals surface area contributed by atoms with Crippen molar-refractivity contribution in [2.45, 2.75) is 32.9 Å². The fraction of sp³-hybridized carbons (Fsp3) is 0.667. The van der Waals surface area contributed by atoms with E-state index in [2.05, 4.69) is 40.7 Å². The van der Waals surface area contributed by atoms with Gasteiger partial charge in [-0.3, -0.25) is 9.69 Å². The molecule has 1 saturated heterocycles. The number of nitrogens with two attached hydrogens (primary N) is 1. The number of likely N-dealkylation sites (N-methyl/N-ethyl adjacent to an activating group) is 1. The summed E-state index contributed by atoms with van der Waals surface area (Å²) in [5.74, 6) is 0.172. The van der Waals surface area contributed by atoms with Crippen molar-refractivity contribution in [1.82, 2.24) is 9.80 Å². The molecule has 21 heavy (non-hydrogen) atoms. The third kappa shape index (κ3) is 4.52. The molecule has 118 valence electrons. The Morgan fingerprint density at radius 3 is 2.90 bits per heavy atom. The second-order valence-electron chi connectivity index (χ2n) is 6.58. The Balaban J connectivity index is 1.86. The van der Waals surface area contributed by atoms with Crippen molar-refractivity contribution in [1.29, 1.82) is 0 Å². The van der Waals surface area contributed by atoms with Gasteiger partial charge in [-0.15, -0.1) is 11.3 Å². The van der Waals surface area contributed by atoms with Crippen LogP contribution >= 0.6 is 27.3 Å². The summed E-state index contributed by atoms with van der Waals surface area (Å²) in [5.41, 5.74) is 6.22. The molecule has 0 radical (unpaired) electrons. The van der Waals surface area contributed by atoms with Gasteiger partial charge in [0.1, 0.15) is 0 Å². The Morgan fingerprint density at radius 2 is 2.33 bits per heavy atom. The van der Waals surface area contributed by atoms with Crippen LogP contribution in [-0.4, -0.2) is 48.4 Å². The molecule has 1 amide bonds. The average molecular weight is 374 g/mol. The monoisotopic (exact) mass is 373 g/mol. The van der Waals surface area contributed by atoms with Gasteiger partial charge in [-0.1, -0.05) is 13.8 Å². The van der Waals surface area contributed by atoms with Crippen LogP contribution in [-0.2, 0) is 11.3 Å². The Kier molecular flexibility index (Phi) is 5.46. The molecule has 1 aliphatic heterocycles. The number of hydrogen-bond acceptors (Lipinski definition) is 4. The van der Waals surface area contributed by atoms with Gasteiger partial charge in [0.15, 0.2) is 0 Å². The molecule has 1 fully saturated rings. The van der Waals surface area contributed by atoms with E-state index < -0.39 is 0 Å². The van der Waals surface area contributed by atoms with E-state index >= 15 is 0 Å². The number of piperidine rings is 1. The Morgan fingerprint density at radius 1 is 1.62 bits per heavy atom. The zero-order valence-electron chi connectivity index (χ0n) is 12.9. The number of hydrogen-bond donors (Lipinski definition) is 1. The summed E-state index contributed by atoms with van der Waals surface area (Å²) >= 11 is 5.11. The lowest BCUT2D eigenvalue weighted by atomic mass is 9.80. The van der Waals surface area contributed by atoms with Gasteiger partial charge in [0.2, 0.25) is 5.91 Å². The number of halogens is 1. The van der Waals surface area contributed by atoms with E-state index in [1.807, 2.05) is 12.4 Å². The van der Waals surface area contributed by atoms with Crippen LogP contribution in [0.4, 0.5) is 0 Å². The molecule has 0 saturated carbocycles. The summed E-state index contributed by atoms with van der Waals surface area (Å²) in [6.45, 7) is 7.32. The first kappa shape index (κ1) is 16.9. The summed E-state index contributed by atoms with van der Waals surface area (Å²) in [5, 5.41) is 2.04. The van der Waals surface area contributed by atoms with Crippen LogP contribution in [0, 0.1) is 5.41 Å². The van der Waals surface area contributed by atoms with Gasteiger partial charge in [0, 0.05) is 40.9 Å². The van der Waals surface area contributed by atoms with Crippen LogP contribution in [0.5, 0.6) is 0 Å². The first-order chi connectivity index (χ1) is 9.78. The number of thiophene rings is 1. The number of carbonyl (C=O) groups excluding carboxylic acids is 1. The molecule has 1 aromatic rings. The third-order valence-corrected chi connectivity index (χ3v) is 5.87. The minimum atomic E-state index is 0.0791. The highest BCUT2D eigenvalue weighted by atomic mass is 79.9. The van der Waals surface area contributed by atoms with Gasteiger partial charge in [-0.2, -0.15) is 0 Å². The zero-order valence-corrected chi connectivity index (χ0v) is 15.3. The normalized spacial score (nSPS) is 22.2. The van der Waals surface area contributed by atoms with E-state index in [1.54, 1.807) is 16.2 Å². The second-order valence-corrected chi connectivity index (χ2v) is 8.49. The Hall–Kier alpha value is -0.430. The fourth-order valence-electron chi connectivity index (χ4n) is 2.69. The highest BCUT2D eigenvalue weighted by Gasteiger charge is 2.34. The number of carbonyl (C=O) groups is 1. The van der Waals surface area contributed by atoms with Crippen LogP contribution < -0.4 is 5.73 Å².